The van der Waals surface area contributed by atoms with Crippen LogP contribution in [0.1, 0.15) is 77.9 Å². The monoisotopic (exact) mass is 406 g/mol. The van der Waals surface area contributed by atoms with Crippen LogP contribution in [0.15, 0.2) is 6.07 Å². The van der Waals surface area contributed by atoms with Crippen molar-refractivity contribution >= 4 is 23.2 Å². The highest BCUT2D eigenvalue weighted by Gasteiger charge is 2.42. The van der Waals surface area contributed by atoms with E-state index in [2.05, 4.69) is 11.4 Å². The Morgan fingerprint density at radius 3 is 2.50 bits per heavy atom. The number of aryl methyl sites for hydroxylation is 2. The first kappa shape index (κ1) is 21.3. The van der Waals surface area contributed by atoms with Gasteiger partial charge in [-0.05, 0) is 50.2 Å². The van der Waals surface area contributed by atoms with Crippen molar-refractivity contribution in [1.29, 1.82) is 0 Å². The van der Waals surface area contributed by atoms with Gasteiger partial charge in [0.25, 0.3) is 5.91 Å². The molecule has 3 rings (SSSR count). The number of thiophene rings is 1. The number of nitrogens with zero attached hydrogens (tertiary/aromatic N) is 1. The summed E-state index contributed by atoms with van der Waals surface area (Å²) < 4.78 is 0. The number of carbonyl (C=O) groups is 2. The molecule has 2 aliphatic rings. The summed E-state index contributed by atoms with van der Waals surface area (Å²) in [6.45, 7) is 0.695. The summed E-state index contributed by atoms with van der Waals surface area (Å²) >= 11 is 1.64. The largest absolute Gasteiger partial charge is 0.395 e. The number of aliphatic hydroxyl groups excluding tert-OH is 1. The molecule has 0 atom stereocenters. The maximum atomic E-state index is 12.9. The zero-order valence-corrected chi connectivity index (χ0v) is 17.9. The van der Waals surface area contributed by atoms with Crippen LogP contribution >= 0.6 is 11.3 Å². The quantitative estimate of drug-likeness (QED) is 0.759. The predicted molar refractivity (Wildman–Crippen MR) is 113 cm³/mol. The van der Waals surface area contributed by atoms with E-state index >= 15 is 0 Å². The van der Waals surface area contributed by atoms with Gasteiger partial charge in [0.1, 0.15) is 0 Å². The lowest BCUT2D eigenvalue weighted by Gasteiger charge is -2.32. The second-order valence-corrected chi connectivity index (χ2v) is 9.58. The predicted octanol–water partition coefficient (Wildman–Crippen LogP) is 3.54. The number of amides is 2. The molecule has 5 nitrogen and oxygen atoms in total. The Morgan fingerprint density at radius 1 is 1.11 bits per heavy atom. The maximum Gasteiger partial charge on any atom is 0.261 e. The zero-order valence-electron chi connectivity index (χ0n) is 17.1. The van der Waals surface area contributed by atoms with Crippen LogP contribution in [-0.2, 0) is 17.6 Å². The molecule has 1 aromatic heterocycles. The zero-order chi connectivity index (χ0) is 20.0. The van der Waals surface area contributed by atoms with Crippen LogP contribution in [0.25, 0.3) is 0 Å². The first-order chi connectivity index (χ1) is 13.6. The lowest BCUT2D eigenvalue weighted by molar-refractivity contribution is -0.140. The van der Waals surface area contributed by atoms with E-state index < -0.39 is 5.41 Å². The van der Waals surface area contributed by atoms with Crippen LogP contribution in [0.5, 0.6) is 0 Å². The van der Waals surface area contributed by atoms with Crippen molar-refractivity contribution in [3.05, 3.63) is 21.4 Å². The van der Waals surface area contributed by atoms with E-state index in [1.54, 1.807) is 23.3 Å². The molecule has 0 aliphatic heterocycles. The normalized spacial score (nSPS) is 19.2. The van der Waals surface area contributed by atoms with Crippen LogP contribution in [0.4, 0.5) is 0 Å². The van der Waals surface area contributed by atoms with Crippen molar-refractivity contribution in [3.8, 4) is 0 Å². The topological polar surface area (TPSA) is 69.6 Å². The Labute approximate surface area is 172 Å². The number of hydrogen-bond acceptors (Lipinski definition) is 4. The lowest BCUT2D eigenvalue weighted by Crippen LogP contribution is -2.48. The third kappa shape index (κ3) is 4.95. The number of likely N-dealkylation sites (N-methyl/N-ethyl adjacent to an activating group) is 1. The van der Waals surface area contributed by atoms with Crippen molar-refractivity contribution in [3.63, 3.8) is 0 Å². The number of aliphatic hydroxyl groups is 1. The van der Waals surface area contributed by atoms with E-state index in [-0.39, 0.29) is 18.4 Å². The van der Waals surface area contributed by atoms with E-state index in [1.807, 2.05) is 0 Å². The molecule has 2 amide bonds. The molecule has 0 saturated heterocycles. The van der Waals surface area contributed by atoms with Gasteiger partial charge in [0.05, 0.1) is 16.9 Å². The minimum Gasteiger partial charge on any atom is -0.395 e. The van der Waals surface area contributed by atoms with Crippen molar-refractivity contribution < 1.29 is 14.7 Å². The molecule has 1 aromatic rings. The van der Waals surface area contributed by atoms with Crippen LogP contribution < -0.4 is 5.32 Å². The molecule has 2 aliphatic carbocycles. The molecule has 2 N–H and O–H groups in total. The van der Waals surface area contributed by atoms with Crippen molar-refractivity contribution in [1.82, 2.24) is 10.2 Å². The van der Waals surface area contributed by atoms with Gasteiger partial charge in [0, 0.05) is 25.0 Å². The van der Waals surface area contributed by atoms with E-state index in [1.165, 1.54) is 42.5 Å². The highest BCUT2D eigenvalue weighted by atomic mass is 32.1. The van der Waals surface area contributed by atoms with Gasteiger partial charge in [-0.2, -0.15) is 0 Å². The molecular weight excluding hydrogens is 372 g/mol. The number of nitrogens with one attached hydrogen (secondary N) is 1. The van der Waals surface area contributed by atoms with E-state index in [0.717, 1.165) is 43.4 Å². The summed E-state index contributed by atoms with van der Waals surface area (Å²) in [5.74, 6) is 0.00694. The van der Waals surface area contributed by atoms with Crippen LogP contribution in [0.2, 0.25) is 0 Å². The second kappa shape index (κ2) is 9.88. The number of fused-ring (bicyclic) bond motifs is 1. The molecule has 1 heterocycles. The minimum atomic E-state index is -0.511. The van der Waals surface area contributed by atoms with Gasteiger partial charge in [-0.1, -0.05) is 32.1 Å². The molecule has 0 spiro atoms. The summed E-state index contributed by atoms with van der Waals surface area (Å²) in [7, 11) is 1.74. The third-order valence-electron chi connectivity index (χ3n) is 6.35. The maximum absolute atomic E-state index is 12.9. The molecule has 0 bridgehead atoms. The summed E-state index contributed by atoms with van der Waals surface area (Å²) in [5.41, 5.74) is 0.843. The van der Waals surface area contributed by atoms with Gasteiger partial charge >= 0.3 is 0 Å². The fourth-order valence-corrected chi connectivity index (χ4v) is 5.81. The van der Waals surface area contributed by atoms with Gasteiger partial charge < -0.3 is 15.3 Å². The number of rotatable bonds is 6. The molecule has 6 heteroatoms. The Hall–Kier alpha value is -1.40. The van der Waals surface area contributed by atoms with Crippen molar-refractivity contribution in [2.75, 3.05) is 26.7 Å². The van der Waals surface area contributed by atoms with Gasteiger partial charge in [-0.3, -0.25) is 9.59 Å². The second-order valence-electron chi connectivity index (χ2n) is 8.45. The highest BCUT2D eigenvalue weighted by Crippen LogP contribution is 2.39. The number of carbonyl (C=O) groups excluding carboxylic acids is 2. The fraction of sp³-hybridized carbons (Fsp3) is 0.727. The third-order valence-corrected chi connectivity index (χ3v) is 7.59. The summed E-state index contributed by atoms with van der Waals surface area (Å²) in [4.78, 5) is 29.6. The van der Waals surface area contributed by atoms with Gasteiger partial charge in [0.15, 0.2) is 0 Å². The average Bonchev–Trinajstić information content (AvgIpc) is 3.33. The van der Waals surface area contributed by atoms with Gasteiger partial charge in [-0.15, -0.1) is 11.3 Å². The summed E-state index contributed by atoms with van der Waals surface area (Å²) in [5, 5.41) is 12.2. The van der Waals surface area contributed by atoms with E-state index in [4.69, 9.17) is 5.11 Å². The van der Waals surface area contributed by atoms with E-state index in [9.17, 15) is 9.59 Å². The first-order valence-corrected chi connectivity index (χ1v) is 11.6. The molecule has 0 unspecified atom stereocenters. The fourth-order valence-electron chi connectivity index (χ4n) is 4.64. The smallest absolute Gasteiger partial charge is 0.261 e. The van der Waals surface area contributed by atoms with Crippen molar-refractivity contribution in [2.24, 2.45) is 5.41 Å². The van der Waals surface area contributed by atoms with Gasteiger partial charge in [-0.25, -0.2) is 0 Å². The molecule has 1 saturated carbocycles. The molecule has 156 valence electrons. The lowest BCUT2D eigenvalue weighted by atomic mass is 9.84. The summed E-state index contributed by atoms with van der Waals surface area (Å²) in [6.07, 6.45) is 12.1. The summed E-state index contributed by atoms with van der Waals surface area (Å²) in [6, 6.07) is 2.09. The molecular formula is C22H34N2O3S. The Balaban J connectivity index is 1.66. The van der Waals surface area contributed by atoms with Crippen molar-refractivity contribution in [2.45, 2.75) is 70.6 Å². The SMILES string of the molecule is CN(CCO)C(=O)C1(CNC(=O)c2cc3c(s2)CCCCCCC3)CCCC1. The minimum absolute atomic E-state index is 0.0363. The van der Waals surface area contributed by atoms with Crippen LogP contribution in [-0.4, -0.2) is 48.6 Å². The molecule has 0 radical (unpaired) electrons. The molecule has 28 heavy (non-hydrogen) atoms. The number of hydrogen-bond donors (Lipinski definition) is 2. The van der Waals surface area contributed by atoms with E-state index in [0.29, 0.717) is 13.1 Å². The molecule has 1 fully saturated rings. The Morgan fingerprint density at radius 2 is 1.79 bits per heavy atom. The highest BCUT2D eigenvalue weighted by molar-refractivity contribution is 7.14. The Kier molecular flexibility index (Phi) is 7.52. The average molecular weight is 407 g/mol. The van der Waals surface area contributed by atoms with Crippen LogP contribution in [0.3, 0.4) is 0 Å². The van der Waals surface area contributed by atoms with Gasteiger partial charge in [0.2, 0.25) is 5.91 Å². The van der Waals surface area contributed by atoms with Crippen LogP contribution in [0, 0.1) is 5.41 Å². The first-order valence-electron chi connectivity index (χ1n) is 10.8. The Bertz CT molecular complexity index is 654. The standard InChI is InChI=1S/C22H34N2O3S/c1-24(13-14-25)21(27)22(11-7-8-12-22)16-23-20(26)19-15-17-9-5-3-2-4-6-10-18(17)28-19/h15,25H,2-14,16H2,1H3,(H,23,26). The molecule has 0 aromatic carbocycles.